The number of nitrogens with zero attached hydrogens (tertiary/aromatic N) is 4. The van der Waals surface area contributed by atoms with Gasteiger partial charge in [-0.1, -0.05) is 36.4 Å². The van der Waals surface area contributed by atoms with Crippen molar-refractivity contribution in [1.82, 2.24) is 19.6 Å². The average molecular weight is 634 g/mol. The normalized spacial score (nSPS) is 13.8. The van der Waals surface area contributed by atoms with Crippen LogP contribution in [-0.4, -0.2) is 69.9 Å². The third-order valence-corrected chi connectivity index (χ3v) is 5.76. The fraction of sp³-hybridized carbons (Fsp3) is 0.357. The molecule has 210 valence electrons. The molecule has 2 aromatic carbocycles. The van der Waals surface area contributed by atoms with E-state index in [1.54, 1.807) is 0 Å². The van der Waals surface area contributed by atoms with Crippen LogP contribution in [0.5, 0.6) is 0 Å². The van der Waals surface area contributed by atoms with E-state index in [1.165, 1.54) is 0 Å². The number of hydrogen-bond donors (Lipinski definition) is 2. The van der Waals surface area contributed by atoms with Crippen LogP contribution in [0.4, 0.5) is 11.4 Å². The van der Waals surface area contributed by atoms with Gasteiger partial charge in [0.2, 0.25) is 11.8 Å². The van der Waals surface area contributed by atoms with Crippen LogP contribution < -0.4 is 10.6 Å². The van der Waals surface area contributed by atoms with Gasteiger partial charge in [-0.25, -0.2) is 0 Å². The topological polar surface area (TPSA) is 71.2 Å². The summed E-state index contributed by atoms with van der Waals surface area (Å²) in [5.74, 6) is 0.0212. The summed E-state index contributed by atoms with van der Waals surface area (Å²) in [5.41, 5.74) is 1.68. The van der Waals surface area contributed by atoms with E-state index in [4.69, 9.17) is 0 Å². The van der Waals surface area contributed by atoms with Crippen molar-refractivity contribution < 1.29 is 29.6 Å². The van der Waals surface area contributed by atoms with Gasteiger partial charge in [-0.2, -0.15) is 0 Å². The minimum absolute atomic E-state index is 0.0106. The Kier molecular flexibility index (Phi) is 13.9. The Morgan fingerprint density at radius 3 is 1.32 bits per heavy atom. The average Bonchev–Trinajstić information content (AvgIpc) is 3.57. The second-order valence-corrected chi connectivity index (χ2v) is 9.42. The molecule has 0 unspecified atom stereocenters. The summed E-state index contributed by atoms with van der Waals surface area (Å²) < 4.78 is 0. The van der Waals surface area contributed by atoms with Crippen LogP contribution in [0.2, 0.25) is 0 Å². The summed E-state index contributed by atoms with van der Waals surface area (Å²) in [4.78, 5) is 32.1. The van der Waals surface area contributed by atoms with Gasteiger partial charge in [-0.3, -0.25) is 9.59 Å². The van der Waals surface area contributed by atoms with Crippen molar-refractivity contribution in [2.75, 3.05) is 37.1 Å². The molecule has 0 aliphatic carbocycles. The summed E-state index contributed by atoms with van der Waals surface area (Å²) in [7, 11) is 4.45. The van der Waals surface area contributed by atoms with Crippen LogP contribution in [0, 0.1) is 0 Å². The van der Waals surface area contributed by atoms with Crippen molar-refractivity contribution in [2.24, 2.45) is 0 Å². The number of halogens is 1. The van der Waals surface area contributed by atoms with Crippen LogP contribution in [0.1, 0.15) is 27.7 Å². The molecule has 8 nitrogen and oxygen atoms in total. The Balaban J connectivity index is 0.000000251. The number of carbonyl (C=O) groups is 2. The number of rotatable bonds is 8. The number of anilines is 2. The first-order valence-electron chi connectivity index (χ1n) is 12.5. The minimum atomic E-state index is 0.0106. The first kappa shape index (κ1) is 31.3. The first-order chi connectivity index (χ1) is 18.3. The fourth-order valence-corrected chi connectivity index (χ4v) is 3.66. The quantitative estimate of drug-likeness (QED) is 0.406. The van der Waals surface area contributed by atoms with Gasteiger partial charge in [0, 0.05) is 48.3 Å². The third kappa shape index (κ3) is 11.2. The molecule has 2 N–H and O–H groups in total. The van der Waals surface area contributed by atoms with Crippen molar-refractivity contribution in [3.05, 3.63) is 85.5 Å². The zero-order valence-electron chi connectivity index (χ0n) is 22.4. The second-order valence-electron chi connectivity index (χ2n) is 9.42. The summed E-state index contributed by atoms with van der Waals surface area (Å²) in [6.45, 7) is 10.9. The van der Waals surface area contributed by atoms with E-state index >= 15 is 0 Å². The Morgan fingerprint density at radius 1 is 0.684 bits per heavy atom. The molecule has 38 heavy (non-hydrogen) atoms. The summed E-state index contributed by atoms with van der Waals surface area (Å²) in [6, 6.07) is 20.0. The van der Waals surface area contributed by atoms with Gasteiger partial charge in [-0.05, 0) is 52.0 Å². The second kappa shape index (κ2) is 16.8. The van der Waals surface area contributed by atoms with Gasteiger partial charge in [0.1, 0.15) is 0 Å². The molecule has 0 radical (unpaired) electrons. The Hall–Kier alpha value is -2.91. The van der Waals surface area contributed by atoms with E-state index in [0.717, 1.165) is 24.7 Å². The van der Waals surface area contributed by atoms with Crippen molar-refractivity contribution in [2.45, 2.75) is 39.8 Å². The SMILES string of the molecule is CC(C)N1C=CN(CC(=O)Nc2ccccc2)C1.CC(C)N1C=CN(CC(=O)Nc2ccccc2)C1.[Cl][Ag]. The molecule has 10 heteroatoms. The number of carbonyl (C=O) groups excluding carboxylic acids is 2. The van der Waals surface area contributed by atoms with Crippen molar-refractivity contribution in [3.8, 4) is 0 Å². The van der Waals surface area contributed by atoms with E-state index in [9.17, 15) is 9.59 Å². The number of para-hydroxylation sites is 2. The van der Waals surface area contributed by atoms with E-state index in [1.807, 2.05) is 95.3 Å². The van der Waals surface area contributed by atoms with Gasteiger partial charge < -0.3 is 30.2 Å². The number of hydrogen-bond acceptors (Lipinski definition) is 6. The molecule has 2 aliphatic heterocycles. The van der Waals surface area contributed by atoms with Gasteiger partial charge >= 0.3 is 29.2 Å². The number of nitrogens with one attached hydrogen (secondary N) is 2. The summed E-state index contributed by atoms with van der Waals surface area (Å²) >= 11 is 2.42. The van der Waals surface area contributed by atoms with Crippen molar-refractivity contribution >= 4 is 32.4 Å². The standard InChI is InChI=1S/2C14H19N3O.Ag.ClH/c2*1-12(2)17-9-8-16(11-17)10-14(18)15-13-6-4-3-5-7-13;;/h2*3-9,12H,10-11H2,1-2H3,(H,15,18);;1H/q;;+1;/p-1. The molecule has 0 saturated carbocycles. The number of amides is 2. The van der Waals surface area contributed by atoms with Crippen LogP contribution in [0.15, 0.2) is 85.5 Å². The Morgan fingerprint density at radius 2 is 1.03 bits per heavy atom. The van der Waals surface area contributed by atoms with Crippen molar-refractivity contribution in [1.29, 1.82) is 0 Å². The van der Waals surface area contributed by atoms with E-state index in [2.05, 4.69) is 77.3 Å². The molecule has 2 aromatic rings. The molecule has 0 spiro atoms. The molecule has 0 saturated heterocycles. The zero-order valence-corrected chi connectivity index (χ0v) is 24.6. The van der Waals surface area contributed by atoms with E-state index < -0.39 is 0 Å². The predicted octanol–water partition coefficient (Wildman–Crippen LogP) is 4.85. The molecule has 0 aromatic heterocycles. The number of benzene rings is 2. The predicted molar refractivity (Wildman–Crippen MR) is 151 cm³/mol. The summed E-state index contributed by atoms with van der Waals surface area (Å²) in [6.07, 6.45) is 7.98. The van der Waals surface area contributed by atoms with Crippen LogP contribution >= 0.6 is 9.19 Å². The molecular weight excluding hydrogens is 596 g/mol. The Labute approximate surface area is 243 Å². The molecule has 0 fully saturated rings. The molecule has 2 aliphatic rings. The Bertz CT molecular complexity index is 953. The van der Waals surface area contributed by atoms with Gasteiger partial charge in [0.15, 0.2) is 0 Å². The summed E-state index contributed by atoms with van der Waals surface area (Å²) in [5, 5.41) is 5.76. The molecule has 2 heterocycles. The van der Waals surface area contributed by atoms with E-state index in [-0.39, 0.29) is 11.8 Å². The maximum atomic E-state index is 11.8. The monoisotopic (exact) mass is 632 g/mol. The van der Waals surface area contributed by atoms with Crippen molar-refractivity contribution in [3.63, 3.8) is 0 Å². The third-order valence-electron chi connectivity index (χ3n) is 5.76. The maximum absolute atomic E-state index is 11.8. The zero-order chi connectivity index (χ0) is 27.9. The van der Waals surface area contributed by atoms with Gasteiger partial charge in [0.25, 0.3) is 0 Å². The van der Waals surface area contributed by atoms with Crippen LogP contribution in [0.25, 0.3) is 0 Å². The van der Waals surface area contributed by atoms with E-state index in [0.29, 0.717) is 25.2 Å². The van der Waals surface area contributed by atoms with Gasteiger partial charge in [0.05, 0.1) is 26.4 Å². The molecule has 4 rings (SSSR count). The molecule has 0 atom stereocenters. The van der Waals surface area contributed by atoms with Crippen LogP contribution in [0.3, 0.4) is 0 Å². The molecular formula is C28H38AgClN6O2. The first-order valence-corrected chi connectivity index (χ1v) is 14.4. The molecule has 0 bridgehead atoms. The molecule has 2 amide bonds. The fourth-order valence-electron chi connectivity index (χ4n) is 3.66. The van der Waals surface area contributed by atoms with Gasteiger partial charge in [-0.15, -0.1) is 0 Å². The van der Waals surface area contributed by atoms with Crippen LogP contribution in [-0.2, 0) is 29.6 Å².